The van der Waals surface area contributed by atoms with Crippen LogP contribution in [0.25, 0.3) is 0 Å². The van der Waals surface area contributed by atoms with Crippen molar-refractivity contribution in [3.8, 4) is 0 Å². The Morgan fingerprint density at radius 3 is 2.75 bits per heavy atom. The Hall–Kier alpha value is -2.63. The molecule has 0 spiro atoms. The largest absolute Gasteiger partial charge is 0.369 e. The van der Waals surface area contributed by atoms with Crippen molar-refractivity contribution in [2.45, 2.75) is 19.4 Å². The summed E-state index contributed by atoms with van der Waals surface area (Å²) in [5, 5.41) is 2.72. The van der Waals surface area contributed by atoms with Gasteiger partial charge in [0.1, 0.15) is 5.82 Å². The van der Waals surface area contributed by atoms with Crippen LogP contribution in [0.5, 0.6) is 0 Å². The smallest absolute Gasteiger partial charge is 0.321 e. The fourth-order valence-corrected chi connectivity index (χ4v) is 2.82. The van der Waals surface area contributed by atoms with Crippen LogP contribution in [0.4, 0.5) is 20.6 Å². The standard InChI is InChI=1S/C18H21FN4O/c1-22(13-15-6-2-3-9-20-15)18(24)21-14-7-8-17(16(19)12-14)23-10-4-5-11-23/h2-3,6-9,12H,4-5,10-11,13H2,1H3,(H,21,24). The molecule has 0 saturated carbocycles. The van der Waals surface area contributed by atoms with Gasteiger partial charge in [-0.05, 0) is 43.2 Å². The summed E-state index contributed by atoms with van der Waals surface area (Å²) < 4.78 is 14.3. The Morgan fingerprint density at radius 2 is 2.08 bits per heavy atom. The minimum Gasteiger partial charge on any atom is -0.369 e. The van der Waals surface area contributed by atoms with Gasteiger partial charge >= 0.3 is 6.03 Å². The molecule has 1 aliphatic heterocycles. The molecule has 1 aromatic heterocycles. The highest BCUT2D eigenvalue weighted by Crippen LogP contribution is 2.26. The minimum absolute atomic E-state index is 0.297. The number of aromatic nitrogens is 1. The molecule has 5 nitrogen and oxygen atoms in total. The number of anilines is 2. The molecule has 1 aromatic carbocycles. The molecule has 1 fully saturated rings. The molecule has 1 N–H and O–H groups in total. The van der Waals surface area contributed by atoms with Gasteiger partial charge in [0.15, 0.2) is 0 Å². The first-order valence-corrected chi connectivity index (χ1v) is 8.10. The Bertz CT molecular complexity index is 701. The number of hydrogen-bond donors (Lipinski definition) is 1. The molecule has 1 saturated heterocycles. The van der Waals surface area contributed by atoms with Gasteiger partial charge in [-0.2, -0.15) is 0 Å². The third-order valence-electron chi connectivity index (χ3n) is 4.12. The highest BCUT2D eigenvalue weighted by molar-refractivity contribution is 5.89. The number of carbonyl (C=O) groups is 1. The zero-order valence-corrected chi connectivity index (χ0v) is 13.7. The second-order valence-electron chi connectivity index (χ2n) is 5.97. The van der Waals surface area contributed by atoms with E-state index in [4.69, 9.17) is 0 Å². The van der Waals surface area contributed by atoms with Crippen LogP contribution < -0.4 is 10.2 Å². The van der Waals surface area contributed by atoms with Gasteiger partial charge in [0.25, 0.3) is 0 Å². The molecule has 1 aliphatic rings. The van der Waals surface area contributed by atoms with Crippen molar-refractivity contribution >= 4 is 17.4 Å². The highest BCUT2D eigenvalue weighted by atomic mass is 19.1. The lowest BCUT2D eigenvalue weighted by molar-refractivity contribution is 0.220. The molecule has 0 aliphatic carbocycles. The van der Waals surface area contributed by atoms with E-state index >= 15 is 0 Å². The second-order valence-corrected chi connectivity index (χ2v) is 5.97. The molecular formula is C18H21FN4O. The van der Waals surface area contributed by atoms with Crippen molar-refractivity contribution in [2.24, 2.45) is 0 Å². The first-order chi connectivity index (χ1) is 11.6. The summed E-state index contributed by atoms with van der Waals surface area (Å²) in [7, 11) is 1.68. The number of carbonyl (C=O) groups excluding carboxylic acids is 1. The Labute approximate surface area is 141 Å². The molecular weight excluding hydrogens is 307 g/mol. The average Bonchev–Trinajstić information content (AvgIpc) is 3.10. The summed E-state index contributed by atoms with van der Waals surface area (Å²) in [4.78, 5) is 20.0. The van der Waals surface area contributed by atoms with E-state index in [2.05, 4.69) is 10.3 Å². The zero-order chi connectivity index (χ0) is 16.9. The number of rotatable bonds is 4. The lowest BCUT2D eigenvalue weighted by Crippen LogP contribution is -2.31. The topological polar surface area (TPSA) is 48.5 Å². The summed E-state index contributed by atoms with van der Waals surface area (Å²) in [6.07, 6.45) is 3.88. The van der Waals surface area contributed by atoms with Gasteiger partial charge in [0.05, 0.1) is 17.9 Å². The van der Waals surface area contributed by atoms with Crippen LogP contribution in [0.15, 0.2) is 42.6 Å². The van der Waals surface area contributed by atoms with Crippen LogP contribution in [0.2, 0.25) is 0 Å². The van der Waals surface area contributed by atoms with E-state index in [-0.39, 0.29) is 11.8 Å². The van der Waals surface area contributed by atoms with Gasteiger partial charge in [-0.1, -0.05) is 6.07 Å². The first-order valence-electron chi connectivity index (χ1n) is 8.10. The molecule has 0 bridgehead atoms. The summed E-state index contributed by atoms with van der Waals surface area (Å²) in [5.41, 5.74) is 1.85. The molecule has 126 valence electrons. The van der Waals surface area contributed by atoms with Crippen molar-refractivity contribution in [2.75, 3.05) is 30.4 Å². The van der Waals surface area contributed by atoms with Crippen LogP contribution in [0.1, 0.15) is 18.5 Å². The Kier molecular flexibility index (Phi) is 4.93. The number of hydrogen-bond acceptors (Lipinski definition) is 3. The summed E-state index contributed by atoms with van der Waals surface area (Å²) in [5.74, 6) is -0.304. The number of nitrogens with zero attached hydrogens (tertiary/aromatic N) is 3. The number of halogens is 1. The summed E-state index contributed by atoms with van der Waals surface area (Å²) in [6.45, 7) is 2.16. The van der Waals surface area contributed by atoms with Crippen molar-refractivity contribution < 1.29 is 9.18 Å². The van der Waals surface area contributed by atoms with Crippen LogP contribution in [-0.4, -0.2) is 36.1 Å². The molecule has 2 heterocycles. The van der Waals surface area contributed by atoms with Gasteiger partial charge in [-0.3, -0.25) is 4.98 Å². The lowest BCUT2D eigenvalue weighted by atomic mass is 10.2. The predicted octanol–water partition coefficient (Wildman–Crippen LogP) is 3.48. The van der Waals surface area contributed by atoms with Crippen molar-refractivity contribution in [3.63, 3.8) is 0 Å². The van der Waals surface area contributed by atoms with E-state index in [1.165, 1.54) is 11.0 Å². The number of urea groups is 1. The van der Waals surface area contributed by atoms with Crippen molar-refractivity contribution in [1.29, 1.82) is 0 Å². The third-order valence-corrected chi connectivity index (χ3v) is 4.12. The SMILES string of the molecule is CN(Cc1ccccn1)C(=O)Nc1ccc(N2CCCC2)c(F)c1. The molecule has 6 heteroatoms. The fourth-order valence-electron chi connectivity index (χ4n) is 2.82. The molecule has 2 aromatic rings. The molecule has 2 amide bonds. The maximum Gasteiger partial charge on any atom is 0.321 e. The predicted molar refractivity (Wildman–Crippen MR) is 92.6 cm³/mol. The molecule has 0 radical (unpaired) electrons. The van der Waals surface area contributed by atoms with Crippen LogP contribution in [0.3, 0.4) is 0 Å². The summed E-state index contributed by atoms with van der Waals surface area (Å²) >= 11 is 0. The van der Waals surface area contributed by atoms with E-state index in [1.54, 1.807) is 25.4 Å². The highest BCUT2D eigenvalue weighted by Gasteiger charge is 2.17. The zero-order valence-electron chi connectivity index (χ0n) is 13.7. The Balaban J connectivity index is 1.62. The van der Waals surface area contributed by atoms with E-state index in [0.717, 1.165) is 31.6 Å². The van der Waals surface area contributed by atoms with Gasteiger partial charge < -0.3 is 15.1 Å². The first kappa shape index (κ1) is 16.2. The third kappa shape index (κ3) is 3.82. The summed E-state index contributed by atoms with van der Waals surface area (Å²) in [6, 6.07) is 10.1. The van der Waals surface area contributed by atoms with Crippen molar-refractivity contribution in [1.82, 2.24) is 9.88 Å². The van der Waals surface area contributed by atoms with Gasteiger partial charge in [0.2, 0.25) is 0 Å². The van der Waals surface area contributed by atoms with Gasteiger partial charge in [0, 0.05) is 32.0 Å². The lowest BCUT2D eigenvalue weighted by Gasteiger charge is -2.20. The van der Waals surface area contributed by atoms with E-state index in [9.17, 15) is 9.18 Å². The van der Waals surface area contributed by atoms with Gasteiger partial charge in [-0.25, -0.2) is 9.18 Å². The van der Waals surface area contributed by atoms with Crippen LogP contribution in [-0.2, 0) is 6.54 Å². The number of benzene rings is 1. The minimum atomic E-state index is -0.304. The second kappa shape index (κ2) is 7.29. The van der Waals surface area contributed by atoms with Gasteiger partial charge in [-0.15, -0.1) is 0 Å². The molecule has 0 atom stereocenters. The monoisotopic (exact) mass is 328 g/mol. The van der Waals surface area contributed by atoms with Crippen LogP contribution in [0, 0.1) is 5.82 Å². The van der Waals surface area contributed by atoms with Crippen LogP contribution >= 0.6 is 0 Å². The normalized spacial score (nSPS) is 13.8. The van der Waals surface area contributed by atoms with E-state index in [0.29, 0.717) is 17.9 Å². The van der Waals surface area contributed by atoms with Crippen molar-refractivity contribution in [3.05, 3.63) is 54.1 Å². The molecule has 0 unspecified atom stereocenters. The fraction of sp³-hybridized carbons (Fsp3) is 0.333. The average molecular weight is 328 g/mol. The quantitative estimate of drug-likeness (QED) is 0.935. The number of amides is 2. The number of pyridine rings is 1. The molecule has 3 rings (SSSR count). The maximum absolute atomic E-state index is 14.3. The Morgan fingerprint density at radius 1 is 1.29 bits per heavy atom. The maximum atomic E-state index is 14.3. The van der Waals surface area contributed by atoms with E-state index in [1.807, 2.05) is 23.1 Å². The van der Waals surface area contributed by atoms with E-state index < -0.39 is 0 Å². The number of nitrogens with one attached hydrogen (secondary N) is 1. The molecule has 24 heavy (non-hydrogen) atoms.